The molecule has 0 amide bonds. The van der Waals surface area contributed by atoms with Crippen LogP contribution in [0, 0.1) is 0 Å². The molecule has 1 aromatic carbocycles. The second kappa shape index (κ2) is 7.50. The average molecular weight is 290 g/mol. The van der Waals surface area contributed by atoms with Crippen molar-refractivity contribution in [3.8, 4) is 0 Å². The fraction of sp³-hybridized carbons (Fsp3) is 0.571. The van der Waals surface area contributed by atoms with Crippen LogP contribution in [0.4, 0.5) is 18.9 Å². The predicted molar refractivity (Wildman–Crippen MR) is 73.5 cm³/mol. The average Bonchev–Trinajstić information content (AvgIpc) is 2.41. The van der Waals surface area contributed by atoms with Crippen LogP contribution in [-0.2, 0) is 12.7 Å². The monoisotopic (exact) mass is 290 g/mol. The summed E-state index contributed by atoms with van der Waals surface area (Å²) in [6.45, 7) is 3.10. The van der Waals surface area contributed by atoms with Crippen molar-refractivity contribution >= 4 is 5.69 Å². The van der Waals surface area contributed by atoms with Gasteiger partial charge in [-0.2, -0.15) is 13.2 Å². The summed E-state index contributed by atoms with van der Waals surface area (Å²) >= 11 is 0. The Morgan fingerprint density at radius 1 is 1.25 bits per heavy atom. The van der Waals surface area contributed by atoms with Gasteiger partial charge in [-0.25, -0.2) is 0 Å². The quantitative estimate of drug-likeness (QED) is 0.812. The standard InChI is InChI=1S/C14H21F3N2O/c1-2-3-6-19(7-8-20)13-5-4-12(14(15,16)17)9-11(13)10-18/h4-5,9,20H,2-3,6-8,10,18H2,1H3. The van der Waals surface area contributed by atoms with Crippen molar-refractivity contribution in [1.82, 2.24) is 0 Å². The highest BCUT2D eigenvalue weighted by molar-refractivity contribution is 5.55. The van der Waals surface area contributed by atoms with Crippen molar-refractivity contribution < 1.29 is 18.3 Å². The first-order valence-electron chi connectivity index (χ1n) is 6.70. The van der Waals surface area contributed by atoms with Gasteiger partial charge in [0, 0.05) is 25.3 Å². The Labute approximate surface area is 117 Å². The molecule has 3 nitrogen and oxygen atoms in total. The Balaban J connectivity index is 3.08. The van der Waals surface area contributed by atoms with E-state index in [1.165, 1.54) is 6.07 Å². The molecule has 0 aliphatic rings. The summed E-state index contributed by atoms with van der Waals surface area (Å²) in [5.41, 5.74) is 5.99. The van der Waals surface area contributed by atoms with E-state index >= 15 is 0 Å². The Hall–Kier alpha value is -1.27. The lowest BCUT2D eigenvalue weighted by Gasteiger charge is -2.26. The molecule has 1 aromatic rings. The minimum atomic E-state index is -4.37. The number of hydrogen-bond donors (Lipinski definition) is 2. The Kier molecular flexibility index (Phi) is 6.29. The van der Waals surface area contributed by atoms with Crippen LogP contribution in [0.2, 0.25) is 0 Å². The summed E-state index contributed by atoms with van der Waals surface area (Å²) < 4.78 is 38.1. The largest absolute Gasteiger partial charge is 0.416 e. The zero-order valence-electron chi connectivity index (χ0n) is 11.6. The summed E-state index contributed by atoms with van der Waals surface area (Å²) in [4.78, 5) is 1.88. The fourth-order valence-corrected chi connectivity index (χ4v) is 2.06. The van der Waals surface area contributed by atoms with E-state index in [2.05, 4.69) is 0 Å². The maximum absolute atomic E-state index is 12.7. The highest BCUT2D eigenvalue weighted by Crippen LogP contribution is 2.32. The van der Waals surface area contributed by atoms with Gasteiger partial charge in [-0.15, -0.1) is 0 Å². The van der Waals surface area contributed by atoms with Gasteiger partial charge in [0.15, 0.2) is 0 Å². The van der Waals surface area contributed by atoms with Gasteiger partial charge in [0.05, 0.1) is 12.2 Å². The number of nitrogens with two attached hydrogens (primary N) is 1. The second-order valence-electron chi connectivity index (χ2n) is 4.61. The molecule has 0 heterocycles. The molecule has 0 aliphatic heterocycles. The summed E-state index contributed by atoms with van der Waals surface area (Å²) in [6.07, 6.45) is -2.49. The third-order valence-corrected chi connectivity index (χ3v) is 3.12. The van der Waals surface area contributed by atoms with E-state index in [1.54, 1.807) is 0 Å². The zero-order chi connectivity index (χ0) is 15.2. The second-order valence-corrected chi connectivity index (χ2v) is 4.61. The van der Waals surface area contributed by atoms with E-state index in [0.29, 0.717) is 24.3 Å². The molecule has 6 heteroatoms. The molecule has 0 saturated heterocycles. The highest BCUT2D eigenvalue weighted by Gasteiger charge is 2.31. The number of benzene rings is 1. The first kappa shape index (κ1) is 16.8. The molecule has 0 spiro atoms. The molecule has 0 aliphatic carbocycles. The lowest BCUT2D eigenvalue weighted by molar-refractivity contribution is -0.137. The smallest absolute Gasteiger partial charge is 0.395 e. The minimum absolute atomic E-state index is 0.0350. The van der Waals surface area contributed by atoms with Crippen LogP contribution >= 0.6 is 0 Å². The molecule has 3 N–H and O–H groups in total. The molecule has 0 fully saturated rings. The maximum Gasteiger partial charge on any atom is 0.416 e. The summed E-state index contributed by atoms with van der Waals surface area (Å²) in [7, 11) is 0. The zero-order valence-corrected chi connectivity index (χ0v) is 11.6. The van der Waals surface area contributed by atoms with Crippen LogP contribution < -0.4 is 10.6 Å². The van der Waals surface area contributed by atoms with E-state index in [9.17, 15) is 13.2 Å². The van der Waals surface area contributed by atoms with E-state index < -0.39 is 11.7 Å². The van der Waals surface area contributed by atoms with Crippen molar-refractivity contribution in [3.05, 3.63) is 29.3 Å². The fourth-order valence-electron chi connectivity index (χ4n) is 2.06. The molecule has 0 radical (unpaired) electrons. The Morgan fingerprint density at radius 2 is 1.95 bits per heavy atom. The van der Waals surface area contributed by atoms with Crippen LogP contribution in [0.25, 0.3) is 0 Å². The molecular weight excluding hydrogens is 269 g/mol. The Bertz CT molecular complexity index is 421. The number of aliphatic hydroxyl groups excluding tert-OH is 1. The minimum Gasteiger partial charge on any atom is -0.395 e. The third kappa shape index (κ3) is 4.38. The van der Waals surface area contributed by atoms with Gasteiger partial charge in [0.1, 0.15) is 0 Å². The highest BCUT2D eigenvalue weighted by atomic mass is 19.4. The van der Waals surface area contributed by atoms with Crippen LogP contribution in [0.1, 0.15) is 30.9 Å². The van der Waals surface area contributed by atoms with Crippen molar-refractivity contribution in [3.63, 3.8) is 0 Å². The van der Waals surface area contributed by atoms with Gasteiger partial charge >= 0.3 is 6.18 Å². The number of unbranched alkanes of at least 4 members (excludes halogenated alkanes) is 1. The molecule has 0 atom stereocenters. The van der Waals surface area contributed by atoms with Crippen molar-refractivity contribution in [2.45, 2.75) is 32.5 Å². The molecule has 1 rings (SSSR count). The van der Waals surface area contributed by atoms with E-state index in [4.69, 9.17) is 10.8 Å². The molecular formula is C14H21F3N2O. The first-order valence-corrected chi connectivity index (χ1v) is 6.70. The number of aliphatic hydroxyl groups is 1. The third-order valence-electron chi connectivity index (χ3n) is 3.12. The lowest BCUT2D eigenvalue weighted by Crippen LogP contribution is -2.29. The van der Waals surface area contributed by atoms with Crippen LogP contribution in [-0.4, -0.2) is 24.8 Å². The van der Waals surface area contributed by atoms with E-state index in [1.807, 2.05) is 11.8 Å². The molecule has 0 saturated carbocycles. The summed E-state index contributed by atoms with van der Waals surface area (Å²) in [6, 6.07) is 3.59. The van der Waals surface area contributed by atoms with Gasteiger partial charge in [0.2, 0.25) is 0 Å². The lowest BCUT2D eigenvalue weighted by atomic mass is 10.1. The number of alkyl halides is 3. The summed E-state index contributed by atoms with van der Waals surface area (Å²) in [5, 5.41) is 9.09. The molecule has 20 heavy (non-hydrogen) atoms. The van der Waals surface area contributed by atoms with Crippen molar-refractivity contribution in [2.75, 3.05) is 24.6 Å². The van der Waals surface area contributed by atoms with E-state index in [-0.39, 0.29) is 13.2 Å². The van der Waals surface area contributed by atoms with Gasteiger partial charge < -0.3 is 15.7 Å². The SMILES string of the molecule is CCCCN(CCO)c1ccc(C(F)(F)F)cc1CN. The van der Waals surface area contributed by atoms with Gasteiger partial charge in [-0.3, -0.25) is 0 Å². The van der Waals surface area contributed by atoms with Gasteiger partial charge in [-0.1, -0.05) is 13.3 Å². The van der Waals surface area contributed by atoms with E-state index in [0.717, 1.165) is 25.0 Å². The molecule has 0 unspecified atom stereocenters. The molecule has 0 aromatic heterocycles. The van der Waals surface area contributed by atoms with Gasteiger partial charge in [0.25, 0.3) is 0 Å². The molecule has 0 bridgehead atoms. The van der Waals surface area contributed by atoms with Crippen molar-refractivity contribution in [2.24, 2.45) is 5.73 Å². The maximum atomic E-state index is 12.7. The van der Waals surface area contributed by atoms with Crippen LogP contribution in [0.15, 0.2) is 18.2 Å². The Morgan fingerprint density at radius 3 is 2.45 bits per heavy atom. The van der Waals surface area contributed by atoms with Crippen molar-refractivity contribution in [1.29, 1.82) is 0 Å². The molecule has 114 valence electrons. The van der Waals surface area contributed by atoms with Crippen LogP contribution in [0.3, 0.4) is 0 Å². The summed E-state index contributed by atoms with van der Waals surface area (Å²) in [5.74, 6) is 0. The number of anilines is 1. The first-order chi connectivity index (χ1) is 9.43. The van der Waals surface area contributed by atoms with Crippen LogP contribution in [0.5, 0.6) is 0 Å². The topological polar surface area (TPSA) is 49.5 Å². The number of halogens is 3. The number of rotatable bonds is 7. The number of hydrogen-bond acceptors (Lipinski definition) is 3. The number of nitrogens with zero attached hydrogens (tertiary/aromatic N) is 1. The normalized spacial score (nSPS) is 11.7. The van der Waals surface area contributed by atoms with Gasteiger partial charge in [-0.05, 0) is 30.2 Å². The predicted octanol–water partition coefficient (Wildman–Crippen LogP) is 2.76.